The van der Waals surface area contributed by atoms with E-state index in [1.165, 1.54) is 10.7 Å². The summed E-state index contributed by atoms with van der Waals surface area (Å²) in [6, 6.07) is 15.5. The second-order valence-corrected chi connectivity index (χ2v) is 8.88. The largest absolute Gasteiger partial charge is 0.497 e. The van der Waals surface area contributed by atoms with Gasteiger partial charge in [-0.25, -0.2) is 23.5 Å². The Kier molecular flexibility index (Phi) is 6.47. The van der Waals surface area contributed by atoms with Gasteiger partial charge in [0.1, 0.15) is 23.0 Å². The molecule has 0 N–H and O–H groups in total. The third kappa shape index (κ3) is 4.46. The van der Waals surface area contributed by atoms with Crippen LogP contribution in [0.3, 0.4) is 0 Å². The number of hydrogen-bond acceptors (Lipinski definition) is 6. The van der Waals surface area contributed by atoms with Crippen molar-refractivity contribution in [3.63, 3.8) is 0 Å². The molecular weight excluding hydrogens is 475 g/mol. The van der Waals surface area contributed by atoms with Crippen LogP contribution in [0.1, 0.15) is 31.0 Å². The first-order valence-corrected chi connectivity index (χ1v) is 11.9. The Morgan fingerprint density at radius 1 is 0.946 bits per heavy atom. The van der Waals surface area contributed by atoms with E-state index in [9.17, 15) is 9.18 Å². The summed E-state index contributed by atoms with van der Waals surface area (Å²) in [5.41, 5.74) is 2.05. The van der Waals surface area contributed by atoms with Crippen LogP contribution in [0.4, 0.5) is 4.39 Å². The summed E-state index contributed by atoms with van der Waals surface area (Å²) in [4.78, 5) is 18.0. The molecule has 2 aromatic carbocycles. The van der Waals surface area contributed by atoms with Crippen LogP contribution >= 0.6 is 0 Å². The van der Waals surface area contributed by atoms with Crippen LogP contribution in [-0.2, 0) is 13.1 Å². The molecule has 3 heterocycles. The minimum atomic E-state index is -0.323. The lowest BCUT2D eigenvalue weighted by Crippen LogP contribution is -2.27. The molecule has 0 aliphatic rings. The fourth-order valence-electron chi connectivity index (χ4n) is 4.29. The number of hydrogen-bond donors (Lipinski definition) is 0. The van der Waals surface area contributed by atoms with E-state index in [4.69, 9.17) is 14.6 Å². The normalized spacial score (nSPS) is 11.4. The molecule has 3 aromatic heterocycles. The zero-order valence-corrected chi connectivity index (χ0v) is 21.1. The molecule has 10 heteroatoms. The Morgan fingerprint density at radius 3 is 2.49 bits per heavy atom. The first-order valence-electron chi connectivity index (χ1n) is 11.9. The standard InChI is InChI=1S/C27H27FN6O3/c1-17(2)34-27(35)32(15-19-11-12-20(36-3)14-23(19)37-4)26(31-34)24-21-9-7-13-29-25(21)33(30-24)16-18-8-5-6-10-22(18)28/h5-14,17H,15-16H2,1-4H3. The zero-order chi connectivity index (χ0) is 26.1. The smallest absolute Gasteiger partial charge is 0.346 e. The van der Waals surface area contributed by atoms with Crippen LogP contribution in [-0.4, -0.2) is 43.3 Å². The third-order valence-electron chi connectivity index (χ3n) is 6.19. The third-order valence-corrected chi connectivity index (χ3v) is 6.19. The van der Waals surface area contributed by atoms with Crippen molar-refractivity contribution in [2.24, 2.45) is 0 Å². The monoisotopic (exact) mass is 502 g/mol. The van der Waals surface area contributed by atoms with Gasteiger partial charge in [-0.2, -0.15) is 5.10 Å². The molecule has 0 saturated heterocycles. The number of ether oxygens (including phenoxy) is 2. The molecule has 5 rings (SSSR count). The Hall–Kier alpha value is -4.47. The predicted molar refractivity (Wildman–Crippen MR) is 138 cm³/mol. The molecule has 0 unspecified atom stereocenters. The summed E-state index contributed by atoms with van der Waals surface area (Å²) >= 11 is 0. The number of methoxy groups -OCH3 is 2. The van der Waals surface area contributed by atoms with Crippen LogP contribution in [0.15, 0.2) is 65.6 Å². The Bertz CT molecular complexity index is 1640. The van der Waals surface area contributed by atoms with Gasteiger partial charge in [0.25, 0.3) is 0 Å². The van der Waals surface area contributed by atoms with Crippen molar-refractivity contribution in [3.05, 3.63) is 88.2 Å². The van der Waals surface area contributed by atoms with Crippen LogP contribution in [0, 0.1) is 5.82 Å². The zero-order valence-electron chi connectivity index (χ0n) is 21.1. The van der Waals surface area contributed by atoms with Gasteiger partial charge < -0.3 is 9.47 Å². The first kappa shape index (κ1) is 24.2. The van der Waals surface area contributed by atoms with Gasteiger partial charge in [-0.05, 0) is 44.2 Å². The number of rotatable bonds is 8. The van der Waals surface area contributed by atoms with Gasteiger partial charge in [-0.3, -0.25) is 4.57 Å². The van der Waals surface area contributed by atoms with Crippen LogP contribution < -0.4 is 15.2 Å². The lowest BCUT2D eigenvalue weighted by atomic mass is 10.2. The fourth-order valence-corrected chi connectivity index (χ4v) is 4.29. The summed E-state index contributed by atoms with van der Waals surface area (Å²) in [6.07, 6.45) is 1.66. The maximum atomic E-state index is 14.4. The number of pyridine rings is 1. The van der Waals surface area contributed by atoms with Gasteiger partial charge in [0, 0.05) is 23.4 Å². The highest BCUT2D eigenvalue weighted by atomic mass is 19.1. The lowest BCUT2D eigenvalue weighted by molar-refractivity contribution is 0.390. The Morgan fingerprint density at radius 2 is 1.76 bits per heavy atom. The van der Waals surface area contributed by atoms with Crippen molar-refractivity contribution in [2.75, 3.05) is 14.2 Å². The molecule has 0 spiro atoms. The van der Waals surface area contributed by atoms with Crippen molar-refractivity contribution in [2.45, 2.75) is 33.0 Å². The van der Waals surface area contributed by atoms with Crippen LogP contribution in [0.25, 0.3) is 22.6 Å². The SMILES string of the molecule is COc1ccc(Cn2c(-c3nn(Cc4ccccc4F)c4ncccc34)nn(C(C)C)c2=O)c(OC)c1. The first-order chi connectivity index (χ1) is 17.9. The number of nitrogens with zero attached hydrogens (tertiary/aromatic N) is 6. The quantitative estimate of drug-likeness (QED) is 0.315. The molecule has 0 amide bonds. The second kappa shape index (κ2) is 9.88. The van der Waals surface area contributed by atoms with Crippen LogP contribution in [0.2, 0.25) is 0 Å². The summed E-state index contributed by atoms with van der Waals surface area (Å²) < 4.78 is 30.0. The summed E-state index contributed by atoms with van der Waals surface area (Å²) in [5.74, 6) is 1.30. The van der Waals surface area contributed by atoms with E-state index in [1.54, 1.807) is 60.0 Å². The van der Waals surface area contributed by atoms with E-state index in [0.29, 0.717) is 39.6 Å². The molecule has 0 aliphatic carbocycles. The molecule has 0 atom stereocenters. The average molecular weight is 503 g/mol. The number of fused-ring (bicyclic) bond motifs is 1. The van der Waals surface area contributed by atoms with Gasteiger partial charge in [-0.1, -0.05) is 18.2 Å². The fraction of sp³-hybridized carbons (Fsp3) is 0.259. The molecule has 190 valence electrons. The number of halogens is 1. The lowest BCUT2D eigenvalue weighted by Gasteiger charge is -2.11. The Balaban J connectivity index is 1.67. The average Bonchev–Trinajstić information content (AvgIpc) is 3.43. The van der Waals surface area contributed by atoms with Gasteiger partial charge >= 0.3 is 5.69 Å². The van der Waals surface area contributed by atoms with Crippen molar-refractivity contribution in [1.82, 2.24) is 29.1 Å². The predicted octanol–water partition coefficient (Wildman–Crippen LogP) is 4.29. The highest BCUT2D eigenvalue weighted by Gasteiger charge is 2.24. The van der Waals surface area contributed by atoms with Crippen molar-refractivity contribution < 1.29 is 13.9 Å². The molecular formula is C27H27FN6O3. The minimum Gasteiger partial charge on any atom is -0.497 e. The minimum absolute atomic E-state index is 0.171. The van der Waals surface area contributed by atoms with E-state index >= 15 is 0 Å². The van der Waals surface area contributed by atoms with Gasteiger partial charge in [0.05, 0.1) is 38.7 Å². The molecule has 0 bridgehead atoms. The maximum absolute atomic E-state index is 14.4. The molecule has 9 nitrogen and oxygen atoms in total. The molecule has 0 saturated carbocycles. The van der Waals surface area contributed by atoms with E-state index in [2.05, 4.69) is 10.1 Å². The van der Waals surface area contributed by atoms with E-state index in [0.717, 1.165) is 5.56 Å². The number of benzene rings is 2. The van der Waals surface area contributed by atoms with E-state index < -0.39 is 0 Å². The van der Waals surface area contributed by atoms with Gasteiger partial charge in [0.2, 0.25) is 0 Å². The van der Waals surface area contributed by atoms with E-state index in [-0.39, 0.29) is 30.6 Å². The number of aromatic nitrogens is 6. The van der Waals surface area contributed by atoms with Gasteiger partial charge in [-0.15, -0.1) is 5.10 Å². The topological polar surface area (TPSA) is 89.0 Å². The molecule has 5 aromatic rings. The molecule has 0 fully saturated rings. The molecule has 0 radical (unpaired) electrons. The molecule has 0 aliphatic heterocycles. The van der Waals surface area contributed by atoms with Crippen molar-refractivity contribution in [3.8, 4) is 23.0 Å². The van der Waals surface area contributed by atoms with Crippen LogP contribution in [0.5, 0.6) is 11.5 Å². The Labute approximate surface area is 212 Å². The summed E-state index contributed by atoms with van der Waals surface area (Å²) in [7, 11) is 3.16. The van der Waals surface area contributed by atoms with Gasteiger partial charge in [0.15, 0.2) is 11.5 Å². The van der Waals surface area contributed by atoms with Crippen molar-refractivity contribution in [1.29, 1.82) is 0 Å². The maximum Gasteiger partial charge on any atom is 0.346 e. The van der Waals surface area contributed by atoms with Crippen molar-refractivity contribution >= 4 is 11.0 Å². The molecule has 37 heavy (non-hydrogen) atoms. The summed E-state index contributed by atoms with van der Waals surface area (Å²) in [6.45, 7) is 4.18. The summed E-state index contributed by atoms with van der Waals surface area (Å²) in [5, 5.41) is 10.2. The van der Waals surface area contributed by atoms with E-state index in [1.807, 2.05) is 32.0 Å². The highest BCUT2D eigenvalue weighted by molar-refractivity contribution is 5.89. The highest BCUT2D eigenvalue weighted by Crippen LogP contribution is 2.29. The second-order valence-electron chi connectivity index (χ2n) is 8.88.